The number of carbonyl (C=O) groups is 1. The number of carbonyl (C=O) groups excluding carboxylic acids is 1. The lowest BCUT2D eigenvalue weighted by Crippen LogP contribution is -2.29. The summed E-state index contributed by atoms with van der Waals surface area (Å²) in [7, 11) is 0. The van der Waals surface area contributed by atoms with E-state index in [9.17, 15) is 4.79 Å². The van der Waals surface area contributed by atoms with E-state index in [1.165, 1.54) is 11.0 Å². The minimum Gasteiger partial charge on any atom is -0.352 e. The van der Waals surface area contributed by atoms with Gasteiger partial charge < -0.3 is 11.1 Å². The van der Waals surface area contributed by atoms with Crippen LogP contribution < -0.4 is 11.1 Å². The first-order valence-electron chi connectivity index (χ1n) is 4.72. The number of amides is 2. The average molecular weight is 253 g/mol. The van der Waals surface area contributed by atoms with Crippen LogP contribution in [0, 0.1) is 0 Å². The largest absolute Gasteiger partial charge is 0.352 e. The van der Waals surface area contributed by atoms with Crippen LogP contribution in [0.4, 0.5) is 4.79 Å². The van der Waals surface area contributed by atoms with E-state index in [4.69, 9.17) is 17.3 Å². The molecule has 1 aromatic carbocycles. The second kappa shape index (κ2) is 4.79. The summed E-state index contributed by atoms with van der Waals surface area (Å²) in [5.74, 6) is 0. The summed E-state index contributed by atoms with van der Waals surface area (Å²) in [6, 6.07) is 4.59. The number of primary amides is 1. The van der Waals surface area contributed by atoms with Gasteiger partial charge in [0.05, 0.1) is 5.69 Å². The molecule has 17 heavy (non-hydrogen) atoms. The Kier molecular flexibility index (Phi) is 3.20. The molecule has 0 spiro atoms. The normalized spacial score (nSPS) is 10.2. The Labute approximate surface area is 102 Å². The lowest BCUT2D eigenvalue weighted by molar-refractivity contribution is 0.248. The van der Waals surface area contributed by atoms with E-state index in [0.717, 1.165) is 11.3 Å². The number of benzene rings is 1. The average Bonchev–Trinajstić information content (AvgIpc) is 2.80. The fourth-order valence-electron chi connectivity index (χ4n) is 1.37. The van der Waals surface area contributed by atoms with Crippen molar-refractivity contribution in [1.29, 1.82) is 0 Å². The van der Waals surface area contributed by atoms with Crippen molar-refractivity contribution < 1.29 is 4.79 Å². The fourth-order valence-corrected chi connectivity index (χ4v) is 1.57. The predicted molar refractivity (Wildman–Crippen MR) is 60.6 cm³/mol. The highest BCUT2D eigenvalue weighted by Gasteiger charge is 2.07. The predicted octanol–water partition coefficient (Wildman–Crippen LogP) is 0.484. The molecule has 0 radical (unpaired) electrons. The number of nitrogens with zero attached hydrogens (tertiary/aromatic N) is 4. The molecule has 0 aliphatic carbocycles. The van der Waals surface area contributed by atoms with E-state index in [0.29, 0.717) is 5.02 Å². The Bertz CT molecular complexity index is 526. The molecule has 0 saturated carbocycles. The van der Waals surface area contributed by atoms with Crippen LogP contribution in [-0.2, 0) is 6.54 Å². The van der Waals surface area contributed by atoms with Crippen molar-refractivity contribution >= 4 is 17.6 Å². The van der Waals surface area contributed by atoms with Crippen LogP contribution in [0.3, 0.4) is 0 Å². The standard InChI is InChI=1S/C9H9ClN6O/c10-7-1-2-8(16-5-13-14-15-16)6(3-7)4-12-9(11)17/h1-3,5H,4H2,(H3,11,12,17). The highest BCUT2D eigenvalue weighted by atomic mass is 35.5. The second-order valence-electron chi connectivity index (χ2n) is 3.25. The van der Waals surface area contributed by atoms with Crippen molar-refractivity contribution in [3.63, 3.8) is 0 Å². The fraction of sp³-hybridized carbons (Fsp3) is 0.111. The van der Waals surface area contributed by atoms with Crippen LogP contribution in [0.2, 0.25) is 5.02 Å². The first kappa shape index (κ1) is 11.3. The number of hydrogen-bond acceptors (Lipinski definition) is 4. The molecule has 3 N–H and O–H groups in total. The molecule has 2 amide bonds. The van der Waals surface area contributed by atoms with Gasteiger partial charge in [0.1, 0.15) is 6.33 Å². The lowest BCUT2D eigenvalue weighted by Gasteiger charge is -2.09. The van der Waals surface area contributed by atoms with Gasteiger partial charge in [0.15, 0.2) is 0 Å². The van der Waals surface area contributed by atoms with Crippen LogP contribution in [0.25, 0.3) is 5.69 Å². The second-order valence-corrected chi connectivity index (χ2v) is 3.68. The van der Waals surface area contributed by atoms with Gasteiger partial charge in [-0.25, -0.2) is 9.48 Å². The van der Waals surface area contributed by atoms with Crippen molar-refractivity contribution in [2.45, 2.75) is 6.54 Å². The van der Waals surface area contributed by atoms with Crippen LogP contribution in [0.1, 0.15) is 5.56 Å². The molecule has 0 saturated heterocycles. The van der Waals surface area contributed by atoms with Crippen LogP contribution in [0.5, 0.6) is 0 Å². The third-order valence-corrected chi connectivity index (χ3v) is 2.33. The molecule has 1 heterocycles. The molecule has 0 unspecified atom stereocenters. The van der Waals surface area contributed by atoms with Crippen molar-refractivity contribution in [1.82, 2.24) is 25.5 Å². The first-order chi connectivity index (χ1) is 8.16. The molecule has 0 aliphatic heterocycles. The maximum Gasteiger partial charge on any atom is 0.312 e. The Morgan fingerprint density at radius 2 is 2.35 bits per heavy atom. The molecule has 8 heteroatoms. The van der Waals surface area contributed by atoms with Gasteiger partial charge in [-0.3, -0.25) is 0 Å². The van der Waals surface area contributed by atoms with Crippen LogP contribution in [-0.4, -0.2) is 26.2 Å². The number of aromatic nitrogens is 4. The molecule has 0 aliphatic rings. The first-order valence-corrected chi connectivity index (χ1v) is 5.09. The highest BCUT2D eigenvalue weighted by molar-refractivity contribution is 6.30. The number of hydrogen-bond donors (Lipinski definition) is 2. The van der Waals surface area contributed by atoms with Crippen LogP contribution >= 0.6 is 11.6 Å². The number of tetrazole rings is 1. The lowest BCUT2D eigenvalue weighted by atomic mass is 10.2. The summed E-state index contributed by atoms with van der Waals surface area (Å²) < 4.78 is 1.48. The Balaban J connectivity index is 2.34. The molecule has 1 aromatic heterocycles. The number of rotatable bonds is 3. The summed E-state index contributed by atoms with van der Waals surface area (Å²) in [5, 5.41) is 13.9. The number of nitrogens with two attached hydrogens (primary N) is 1. The van der Waals surface area contributed by atoms with Crippen LogP contribution in [0.15, 0.2) is 24.5 Å². The minimum atomic E-state index is -0.604. The van der Waals surface area contributed by atoms with E-state index >= 15 is 0 Å². The third kappa shape index (κ3) is 2.70. The molecular weight excluding hydrogens is 244 g/mol. The Morgan fingerprint density at radius 1 is 1.53 bits per heavy atom. The van der Waals surface area contributed by atoms with Gasteiger partial charge in [0.25, 0.3) is 0 Å². The maximum absolute atomic E-state index is 10.7. The van der Waals surface area contributed by atoms with Crippen molar-refractivity contribution in [3.05, 3.63) is 35.1 Å². The SMILES string of the molecule is NC(=O)NCc1cc(Cl)ccc1-n1cnnn1. The topological polar surface area (TPSA) is 98.7 Å². The Morgan fingerprint density at radius 3 is 3.00 bits per heavy atom. The van der Waals surface area contributed by atoms with E-state index < -0.39 is 6.03 Å². The quantitative estimate of drug-likeness (QED) is 0.830. The third-order valence-electron chi connectivity index (χ3n) is 2.09. The molecule has 7 nitrogen and oxygen atoms in total. The number of urea groups is 1. The Hall–Kier alpha value is -2.15. The summed E-state index contributed by atoms with van der Waals surface area (Å²) in [5.41, 5.74) is 6.51. The van der Waals surface area contributed by atoms with Crippen molar-refractivity contribution in [3.8, 4) is 5.69 Å². The van der Waals surface area contributed by atoms with E-state index in [1.807, 2.05) is 0 Å². The molecule has 0 fully saturated rings. The zero-order valence-corrected chi connectivity index (χ0v) is 9.42. The summed E-state index contributed by atoms with van der Waals surface area (Å²) in [6.07, 6.45) is 1.46. The molecular formula is C9H9ClN6O. The monoisotopic (exact) mass is 252 g/mol. The van der Waals surface area contributed by atoms with Gasteiger partial charge in [0, 0.05) is 11.6 Å². The zero-order chi connectivity index (χ0) is 12.3. The highest BCUT2D eigenvalue weighted by Crippen LogP contribution is 2.18. The van der Waals surface area contributed by atoms with Gasteiger partial charge in [-0.15, -0.1) is 5.10 Å². The minimum absolute atomic E-state index is 0.255. The van der Waals surface area contributed by atoms with Crippen molar-refractivity contribution in [2.24, 2.45) is 5.73 Å². The maximum atomic E-state index is 10.7. The number of nitrogens with one attached hydrogen (secondary N) is 1. The molecule has 0 bridgehead atoms. The summed E-state index contributed by atoms with van der Waals surface area (Å²) in [6.45, 7) is 0.255. The van der Waals surface area contributed by atoms with Gasteiger partial charge >= 0.3 is 6.03 Å². The van der Waals surface area contributed by atoms with Gasteiger partial charge in [0.2, 0.25) is 0 Å². The summed E-state index contributed by atoms with van der Waals surface area (Å²) in [4.78, 5) is 10.7. The van der Waals surface area contributed by atoms with Gasteiger partial charge in [-0.2, -0.15) is 0 Å². The van der Waals surface area contributed by atoms with Crippen molar-refractivity contribution in [2.75, 3.05) is 0 Å². The van der Waals surface area contributed by atoms with Gasteiger partial charge in [-0.05, 0) is 34.2 Å². The smallest absolute Gasteiger partial charge is 0.312 e. The number of halogens is 1. The van der Waals surface area contributed by atoms with E-state index in [-0.39, 0.29) is 6.54 Å². The zero-order valence-electron chi connectivity index (χ0n) is 8.67. The van der Waals surface area contributed by atoms with Gasteiger partial charge in [-0.1, -0.05) is 11.6 Å². The van der Waals surface area contributed by atoms with E-state index in [2.05, 4.69) is 20.8 Å². The molecule has 88 valence electrons. The molecule has 2 aromatic rings. The molecule has 2 rings (SSSR count). The van der Waals surface area contributed by atoms with E-state index in [1.54, 1.807) is 18.2 Å². The summed E-state index contributed by atoms with van der Waals surface area (Å²) >= 11 is 5.89. The molecule has 0 atom stereocenters.